The van der Waals surface area contributed by atoms with Crippen LogP contribution in [-0.4, -0.2) is 49.1 Å². The fraction of sp³-hybridized carbons (Fsp3) is 0.800. The van der Waals surface area contributed by atoms with Gasteiger partial charge in [-0.25, -0.2) is 0 Å². The van der Waals surface area contributed by atoms with Crippen LogP contribution in [0.5, 0.6) is 0 Å². The number of rotatable bonds is 0. The summed E-state index contributed by atoms with van der Waals surface area (Å²) in [5, 5.41) is 5.28. The van der Waals surface area contributed by atoms with Crippen molar-refractivity contribution in [1.82, 2.24) is 15.5 Å². The number of nitrogens with one attached hydrogen (secondary N) is 2. The van der Waals surface area contributed by atoms with Crippen molar-refractivity contribution < 1.29 is 9.59 Å². The van der Waals surface area contributed by atoms with E-state index in [1.807, 2.05) is 7.05 Å². The van der Waals surface area contributed by atoms with E-state index in [1.54, 1.807) is 6.92 Å². The fourth-order valence-corrected chi connectivity index (χ4v) is 2.22. The molecule has 2 rings (SSSR count). The van der Waals surface area contributed by atoms with Gasteiger partial charge in [-0.3, -0.25) is 15.3 Å². The predicted octanol–water partition coefficient (Wildman–Crippen LogP) is -1.77. The van der Waals surface area contributed by atoms with Gasteiger partial charge in [-0.2, -0.15) is 0 Å². The lowest BCUT2D eigenvalue weighted by molar-refractivity contribution is -0.164. The van der Waals surface area contributed by atoms with E-state index in [0.717, 1.165) is 13.1 Å². The van der Waals surface area contributed by atoms with Crippen LogP contribution in [0.4, 0.5) is 0 Å². The second-order valence-electron chi connectivity index (χ2n) is 4.90. The Labute approximate surface area is 94.5 Å². The summed E-state index contributed by atoms with van der Waals surface area (Å²) in [6.45, 7) is 3.84. The summed E-state index contributed by atoms with van der Waals surface area (Å²) in [6, 6.07) is 0. The molecule has 2 saturated heterocycles. The largest absolute Gasteiger partial charge is 0.352 e. The van der Waals surface area contributed by atoms with Crippen LogP contribution in [0, 0.1) is 5.41 Å². The lowest BCUT2D eigenvalue weighted by Gasteiger charge is -2.52. The molecule has 0 bridgehead atoms. The van der Waals surface area contributed by atoms with Crippen molar-refractivity contribution in [2.24, 2.45) is 11.1 Å². The highest BCUT2D eigenvalue weighted by molar-refractivity contribution is 6.05. The van der Waals surface area contributed by atoms with Gasteiger partial charge in [0.2, 0.25) is 5.91 Å². The summed E-state index contributed by atoms with van der Waals surface area (Å²) in [6.07, 6.45) is 0.596. The molecule has 90 valence electrons. The molecule has 0 spiro atoms. The van der Waals surface area contributed by atoms with Gasteiger partial charge in [0, 0.05) is 13.1 Å². The first-order valence-electron chi connectivity index (χ1n) is 5.48. The summed E-state index contributed by atoms with van der Waals surface area (Å²) in [5.41, 5.74) is 3.96. The minimum atomic E-state index is -1.24. The summed E-state index contributed by atoms with van der Waals surface area (Å²) in [7, 11) is 1.97. The number of likely N-dealkylation sites (N-methyl/N-ethyl adjacent to an activating group) is 1. The van der Waals surface area contributed by atoms with Crippen LogP contribution in [0.2, 0.25) is 0 Å². The Bertz CT molecular complexity index is 346. The summed E-state index contributed by atoms with van der Waals surface area (Å²) >= 11 is 0. The van der Waals surface area contributed by atoms with Crippen LogP contribution >= 0.6 is 0 Å². The number of hydrogen-bond donors (Lipinski definition) is 3. The molecular formula is C10H18N4O2. The Hall–Kier alpha value is -1.14. The Balaban J connectivity index is 2.27. The number of carbonyl (C=O) groups is 2. The maximum atomic E-state index is 11.9. The SMILES string of the molecule is CN1CCNC(=O)C2(N)NC(=O)C2(C)CC1. The van der Waals surface area contributed by atoms with E-state index < -0.39 is 11.1 Å². The molecule has 4 N–H and O–H groups in total. The molecule has 0 radical (unpaired) electrons. The minimum absolute atomic E-state index is 0.138. The van der Waals surface area contributed by atoms with Gasteiger partial charge in [-0.1, -0.05) is 0 Å². The maximum Gasteiger partial charge on any atom is 0.261 e. The smallest absolute Gasteiger partial charge is 0.261 e. The highest BCUT2D eigenvalue weighted by Gasteiger charge is 2.65. The van der Waals surface area contributed by atoms with Gasteiger partial charge in [0.15, 0.2) is 5.66 Å². The summed E-state index contributed by atoms with van der Waals surface area (Å²) in [4.78, 5) is 25.6. The standard InChI is InChI=1S/C10H18N4O2/c1-9-3-5-14(2)6-4-12-8(16)10(9,11)13-7(9)15/h3-6,11H2,1-2H3,(H,12,16)(H,13,15). The molecule has 2 unspecified atom stereocenters. The predicted molar refractivity (Wildman–Crippen MR) is 58.3 cm³/mol. The molecule has 16 heavy (non-hydrogen) atoms. The second-order valence-corrected chi connectivity index (χ2v) is 4.90. The number of β-lactam (4-membered cyclic amide) rings is 1. The lowest BCUT2D eigenvalue weighted by Crippen LogP contribution is -2.85. The second kappa shape index (κ2) is 3.43. The lowest BCUT2D eigenvalue weighted by atomic mass is 9.66. The van der Waals surface area contributed by atoms with Crippen molar-refractivity contribution in [2.45, 2.75) is 19.0 Å². The van der Waals surface area contributed by atoms with Gasteiger partial charge in [0.1, 0.15) is 0 Å². The average Bonchev–Trinajstić information content (AvgIpc) is 2.26. The highest BCUT2D eigenvalue weighted by Crippen LogP contribution is 2.40. The number of nitrogens with zero attached hydrogens (tertiary/aromatic N) is 1. The number of fused-ring (bicyclic) bond motifs is 1. The van der Waals surface area contributed by atoms with Crippen LogP contribution in [0.25, 0.3) is 0 Å². The van der Waals surface area contributed by atoms with Gasteiger partial charge < -0.3 is 15.5 Å². The van der Waals surface area contributed by atoms with Gasteiger partial charge in [0.05, 0.1) is 5.41 Å². The molecule has 0 aromatic carbocycles. The van der Waals surface area contributed by atoms with Crippen LogP contribution in [0.3, 0.4) is 0 Å². The van der Waals surface area contributed by atoms with Gasteiger partial charge in [0.25, 0.3) is 5.91 Å². The molecule has 0 aromatic rings. The molecule has 0 saturated carbocycles. The van der Waals surface area contributed by atoms with E-state index in [-0.39, 0.29) is 11.8 Å². The Morgan fingerprint density at radius 2 is 2.00 bits per heavy atom. The highest BCUT2D eigenvalue weighted by atomic mass is 16.2. The van der Waals surface area contributed by atoms with E-state index >= 15 is 0 Å². The molecule has 2 fully saturated rings. The van der Waals surface area contributed by atoms with Crippen LogP contribution in [0.1, 0.15) is 13.3 Å². The molecule has 0 aliphatic carbocycles. The normalized spacial score (nSPS) is 40.7. The van der Waals surface area contributed by atoms with Crippen LogP contribution in [-0.2, 0) is 9.59 Å². The third-order valence-corrected chi connectivity index (χ3v) is 3.81. The molecule has 2 amide bonds. The van der Waals surface area contributed by atoms with E-state index in [2.05, 4.69) is 15.5 Å². The fourth-order valence-electron chi connectivity index (χ4n) is 2.22. The number of amides is 2. The van der Waals surface area contributed by atoms with Gasteiger partial charge >= 0.3 is 0 Å². The number of nitrogens with two attached hydrogens (primary N) is 1. The first-order chi connectivity index (χ1) is 7.40. The topological polar surface area (TPSA) is 87.5 Å². The summed E-state index contributed by atoms with van der Waals surface area (Å²) in [5.74, 6) is -0.426. The van der Waals surface area contributed by atoms with Gasteiger partial charge in [-0.05, 0) is 26.9 Å². The zero-order chi connectivity index (χ0) is 12.0. The third kappa shape index (κ3) is 1.33. The van der Waals surface area contributed by atoms with E-state index in [0.29, 0.717) is 13.0 Å². The first kappa shape index (κ1) is 11.3. The Kier molecular flexibility index (Phi) is 2.43. The molecule has 2 heterocycles. The van der Waals surface area contributed by atoms with Crippen molar-refractivity contribution in [3.8, 4) is 0 Å². The summed E-state index contributed by atoms with van der Waals surface area (Å²) < 4.78 is 0. The van der Waals surface area contributed by atoms with Gasteiger partial charge in [-0.15, -0.1) is 0 Å². The van der Waals surface area contributed by atoms with E-state index in [1.165, 1.54) is 0 Å². The molecule has 2 aliphatic heterocycles. The Morgan fingerprint density at radius 1 is 1.31 bits per heavy atom. The molecular weight excluding hydrogens is 208 g/mol. The van der Waals surface area contributed by atoms with Crippen molar-refractivity contribution in [2.75, 3.05) is 26.7 Å². The van der Waals surface area contributed by atoms with Crippen LogP contribution in [0.15, 0.2) is 0 Å². The zero-order valence-electron chi connectivity index (χ0n) is 9.67. The van der Waals surface area contributed by atoms with Crippen molar-refractivity contribution >= 4 is 11.8 Å². The maximum absolute atomic E-state index is 11.9. The molecule has 2 atom stereocenters. The van der Waals surface area contributed by atoms with Crippen molar-refractivity contribution in [1.29, 1.82) is 0 Å². The minimum Gasteiger partial charge on any atom is -0.352 e. The zero-order valence-corrected chi connectivity index (χ0v) is 9.67. The van der Waals surface area contributed by atoms with Crippen molar-refractivity contribution in [3.63, 3.8) is 0 Å². The van der Waals surface area contributed by atoms with E-state index in [9.17, 15) is 9.59 Å². The molecule has 2 aliphatic rings. The Morgan fingerprint density at radius 3 is 2.62 bits per heavy atom. The van der Waals surface area contributed by atoms with Crippen LogP contribution < -0.4 is 16.4 Å². The van der Waals surface area contributed by atoms with Crippen molar-refractivity contribution in [3.05, 3.63) is 0 Å². The first-order valence-corrected chi connectivity index (χ1v) is 5.48. The molecule has 6 nitrogen and oxygen atoms in total. The monoisotopic (exact) mass is 226 g/mol. The molecule has 6 heteroatoms. The van der Waals surface area contributed by atoms with E-state index in [4.69, 9.17) is 5.73 Å². The number of hydrogen-bond acceptors (Lipinski definition) is 4. The average molecular weight is 226 g/mol. The quantitative estimate of drug-likeness (QED) is 0.427. The number of carbonyl (C=O) groups excluding carboxylic acids is 2. The third-order valence-electron chi connectivity index (χ3n) is 3.81. The molecule has 0 aromatic heterocycles.